The number of nitro groups is 1. The minimum absolute atomic E-state index is 0.0299. The lowest BCUT2D eigenvalue weighted by atomic mass is 10.3. The molecule has 0 fully saturated rings. The van der Waals surface area contributed by atoms with E-state index in [1.54, 1.807) is 16.9 Å². The molecular weight excluding hydrogens is 262 g/mol. The number of rotatable bonds is 3. The number of oxazole rings is 1. The molecule has 3 rings (SSSR count). The van der Waals surface area contributed by atoms with E-state index in [1.165, 1.54) is 12.1 Å². The van der Waals surface area contributed by atoms with Crippen molar-refractivity contribution in [2.45, 2.75) is 6.92 Å². The highest BCUT2D eigenvalue weighted by Gasteiger charge is 2.13. The molecule has 3 aromatic rings. The van der Waals surface area contributed by atoms with Crippen molar-refractivity contribution in [3.8, 4) is 0 Å². The van der Waals surface area contributed by atoms with Crippen LogP contribution in [0.25, 0.3) is 11.1 Å². The molecule has 0 unspecified atom stereocenters. The summed E-state index contributed by atoms with van der Waals surface area (Å²) in [6, 6.07) is 4.57. The molecule has 0 amide bonds. The first-order chi connectivity index (χ1) is 9.52. The Labute approximate surface area is 113 Å². The van der Waals surface area contributed by atoms with Gasteiger partial charge in [0.2, 0.25) is 0 Å². The van der Waals surface area contributed by atoms with E-state index in [1.807, 2.05) is 14.0 Å². The molecule has 102 valence electrons. The van der Waals surface area contributed by atoms with Gasteiger partial charge in [0, 0.05) is 19.3 Å². The molecule has 0 saturated carbocycles. The minimum atomic E-state index is -0.472. The van der Waals surface area contributed by atoms with Gasteiger partial charge in [-0.15, -0.1) is 0 Å². The van der Waals surface area contributed by atoms with E-state index in [4.69, 9.17) is 4.42 Å². The van der Waals surface area contributed by atoms with Crippen LogP contribution in [0.15, 0.2) is 28.8 Å². The van der Waals surface area contributed by atoms with E-state index >= 15 is 0 Å². The largest absolute Gasteiger partial charge is 0.423 e. The van der Waals surface area contributed by atoms with Gasteiger partial charge in [-0.05, 0) is 13.0 Å². The smallest absolute Gasteiger partial charge is 0.300 e. The van der Waals surface area contributed by atoms with Crippen LogP contribution < -0.4 is 5.32 Å². The number of fused-ring (bicyclic) bond motifs is 1. The van der Waals surface area contributed by atoms with Crippen molar-refractivity contribution in [3.63, 3.8) is 0 Å². The number of nitrogens with zero attached hydrogens (tertiary/aromatic N) is 4. The third-order valence-electron chi connectivity index (χ3n) is 2.84. The summed E-state index contributed by atoms with van der Waals surface area (Å²) in [7, 11) is 1.81. The summed E-state index contributed by atoms with van der Waals surface area (Å²) in [6.07, 6.45) is 1.80. The zero-order chi connectivity index (χ0) is 14.3. The molecule has 0 saturated heterocycles. The lowest BCUT2D eigenvalue weighted by Crippen LogP contribution is -1.90. The van der Waals surface area contributed by atoms with Gasteiger partial charge in [0.05, 0.1) is 22.4 Å². The maximum Gasteiger partial charge on any atom is 0.300 e. The second kappa shape index (κ2) is 4.34. The Morgan fingerprint density at radius 3 is 2.90 bits per heavy atom. The van der Waals surface area contributed by atoms with Crippen LogP contribution in [0.3, 0.4) is 0 Å². The predicted molar refractivity (Wildman–Crippen MR) is 71.9 cm³/mol. The van der Waals surface area contributed by atoms with Gasteiger partial charge in [-0.25, -0.2) is 0 Å². The Kier molecular flexibility index (Phi) is 2.63. The van der Waals surface area contributed by atoms with Crippen LogP contribution >= 0.6 is 0 Å². The molecule has 0 aliphatic rings. The van der Waals surface area contributed by atoms with Gasteiger partial charge in [0.1, 0.15) is 5.52 Å². The summed E-state index contributed by atoms with van der Waals surface area (Å²) in [5.41, 5.74) is 2.47. The molecule has 0 aliphatic carbocycles. The maximum absolute atomic E-state index is 10.7. The number of benzene rings is 1. The van der Waals surface area contributed by atoms with Crippen molar-refractivity contribution in [2.24, 2.45) is 7.05 Å². The molecule has 2 heterocycles. The van der Waals surface area contributed by atoms with Gasteiger partial charge in [0.15, 0.2) is 5.58 Å². The number of aromatic nitrogens is 3. The standard InChI is InChI=1S/C12H11N5O3/c1-7-10(6-16(2)15-7)14-12-13-9-4-3-8(17(18)19)5-11(9)20-12/h3-6H,1-2H3,(H,13,14). The van der Waals surface area contributed by atoms with Crippen LogP contribution in [0.4, 0.5) is 17.4 Å². The summed E-state index contributed by atoms with van der Waals surface area (Å²) in [6.45, 7) is 1.86. The lowest BCUT2D eigenvalue weighted by Gasteiger charge is -1.96. The Morgan fingerprint density at radius 2 is 2.25 bits per heavy atom. The van der Waals surface area contributed by atoms with Crippen molar-refractivity contribution in [2.75, 3.05) is 5.32 Å². The quantitative estimate of drug-likeness (QED) is 0.581. The fourth-order valence-electron chi connectivity index (χ4n) is 1.92. The SMILES string of the molecule is Cc1nn(C)cc1Nc1nc2ccc([N+](=O)[O-])cc2o1. The van der Waals surface area contributed by atoms with Crippen LogP contribution in [0.5, 0.6) is 0 Å². The Balaban J connectivity index is 1.96. The number of aryl methyl sites for hydroxylation is 2. The van der Waals surface area contributed by atoms with Crippen LogP contribution in [-0.2, 0) is 7.05 Å². The highest BCUT2D eigenvalue weighted by Crippen LogP contribution is 2.26. The van der Waals surface area contributed by atoms with Gasteiger partial charge < -0.3 is 9.73 Å². The molecule has 0 aliphatic heterocycles. The summed E-state index contributed by atoms with van der Waals surface area (Å²) in [5, 5.41) is 17.9. The zero-order valence-electron chi connectivity index (χ0n) is 10.8. The van der Waals surface area contributed by atoms with Crippen LogP contribution in [0, 0.1) is 17.0 Å². The van der Waals surface area contributed by atoms with Crippen LogP contribution in [-0.4, -0.2) is 19.7 Å². The summed E-state index contributed by atoms with van der Waals surface area (Å²) in [4.78, 5) is 14.5. The summed E-state index contributed by atoms with van der Waals surface area (Å²) >= 11 is 0. The summed E-state index contributed by atoms with van der Waals surface area (Å²) in [5.74, 6) is 0. The second-order valence-electron chi connectivity index (χ2n) is 4.36. The van der Waals surface area contributed by atoms with Crippen LogP contribution in [0.1, 0.15) is 5.69 Å². The van der Waals surface area contributed by atoms with E-state index in [0.29, 0.717) is 11.1 Å². The predicted octanol–water partition coefficient (Wildman–Crippen LogP) is 2.52. The number of non-ortho nitro benzene ring substituents is 1. The normalized spacial score (nSPS) is 10.9. The highest BCUT2D eigenvalue weighted by molar-refractivity contribution is 5.77. The average molecular weight is 273 g/mol. The number of anilines is 2. The van der Waals surface area contributed by atoms with Crippen molar-refractivity contribution >= 4 is 28.5 Å². The van der Waals surface area contributed by atoms with Gasteiger partial charge in [-0.1, -0.05) is 0 Å². The topological polar surface area (TPSA) is 99.0 Å². The van der Waals surface area contributed by atoms with Crippen molar-refractivity contribution in [1.29, 1.82) is 0 Å². The zero-order valence-corrected chi connectivity index (χ0v) is 10.8. The van der Waals surface area contributed by atoms with Crippen molar-refractivity contribution in [3.05, 3.63) is 40.2 Å². The highest BCUT2D eigenvalue weighted by atomic mass is 16.6. The first kappa shape index (κ1) is 12.2. The van der Waals surface area contributed by atoms with E-state index in [9.17, 15) is 10.1 Å². The molecule has 0 radical (unpaired) electrons. The third kappa shape index (κ3) is 2.07. The van der Waals surface area contributed by atoms with Gasteiger partial charge >= 0.3 is 0 Å². The third-order valence-corrected chi connectivity index (χ3v) is 2.84. The molecule has 8 heteroatoms. The molecule has 20 heavy (non-hydrogen) atoms. The number of hydrogen-bond donors (Lipinski definition) is 1. The number of nitro benzene ring substituents is 1. The summed E-state index contributed by atoms with van der Waals surface area (Å²) < 4.78 is 7.14. The maximum atomic E-state index is 10.7. The van der Waals surface area contributed by atoms with Gasteiger partial charge in [-0.2, -0.15) is 10.1 Å². The van der Waals surface area contributed by atoms with Gasteiger partial charge in [-0.3, -0.25) is 14.8 Å². The van der Waals surface area contributed by atoms with Crippen LogP contribution in [0.2, 0.25) is 0 Å². The number of hydrogen-bond acceptors (Lipinski definition) is 6. The molecular formula is C12H11N5O3. The van der Waals surface area contributed by atoms with E-state index < -0.39 is 4.92 Å². The van der Waals surface area contributed by atoms with Gasteiger partial charge in [0.25, 0.3) is 11.7 Å². The second-order valence-corrected chi connectivity index (χ2v) is 4.36. The van der Waals surface area contributed by atoms with E-state index in [2.05, 4.69) is 15.4 Å². The monoisotopic (exact) mass is 273 g/mol. The molecule has 0 atom stereocenters. The molecule has 1 N–H and O–H groups in total. The Morgan fingerprint density at radius 1 is 1.45 bits per heavy atom. The Hall–Kier alpha value is -2.90. The molecule has 2 aromatic heterocycles. The molecule has 8 nitrogen and oxygen atoms in total. The molecule has 1 aromatic carbocycles. The first-order valence-corrected chi connectivity index (χ1v) is 5.85. The van der Waals surface area contributed by atoms with E-state index in [-0.39, 0.29) is 11.7 Å². The van der Waals surface area contributed by atoms with E-state index in [0.717, 1.165) is 11.4 Å². The minimum Gasteiger partial charge on any atom is -0.423 e. The van der Waals surface area contributed by atoms with Crippen molar-refractivity contribution < 1.29 is 9.34 Å². The molecule has 0 spiro atoms. The fourth-order valence-corrected chi connectivity index (χ4v) is 1.92. The fraction of sp³-hybridized carbons (Fsp3) is 0.167. The number of nitrogens with one attached hydrogen (secondary N) is 1. The van der Waals surface area contributed by atoms with Crippen molar-refractivity contribution in [1.82, 2.24) is 14.8 Å². The Bertz CT molecular complexity index is 805. The molecule has 0 bridgehead atoms. The average Bonchev–Trinajstić information content (AvgIpc) is 2.91. The first-order valence-electron chi connectivity index (χ1n) is 5.85. The lowest BCUT2D eigenvalue weighted by molar-refractivity contribution is -0.384.